The van der Waals surface area contributed by atoms with Crippen LogP contribution in [0.1, 0.15) is 34.3 Å². The third-order valence-electron chi connectivity index (χ3n) is 5.92. The van der Waals surface area contributed by atoms with Crippen molar-refractivity contribution in [3.8, 4) is 17.5 Å². The molecule has 1 fully saturated rings. The van der Waals surface area contributed by atoms with Crippen molar-refractivity contribution in [3.05, 3.63) is 76.0 Å². The Kier molecular flexibility index (Phi) is 5.68. The van der Waals surface area contributed by atoms with E-state index in [0.717, 1.165) is 5.56 Å². The van der Waals surface area contributed by atoms with Crippen LogP contribution in [-0.4, -0.2) is 51.3 Å². The molecule has 2 aliphatic heterocycles. The number of carbonyl (C=O) groups excluding carboxylic acids is 1. The van der Waals surface area contributed by atoms with Gasteiger partial charge in [-0.25, -0.2) is 9.97 Å². The second kappa shape index (κ2) is 8.93. The van der Waals surface area contributed by atoms with Gasteiger partial charge in [0.2, 0.25) is 6.79 Å². The predicted octanol–water partition coefficient (Wildman–Crippen LogP) is 2.41. The van der Waals surface area contributed by atoms with Gasteiger partial charge in [-0.15, -0.1) is 0 Å². The summed E-state index contributed by atoms with van der Waals surface area (Å²) in [6.45, 7) is 3.34. The lowest BCUT2D eigenvalue weighted by molar-refractivity contribution is 0.0576. The van der Waals surface area contributed by atoms with Gasteiger partial charge in [-0.2, -0.15) is 0 Å². The Morgan fingerprint density at radius 2 is 1.88 bits per heavy atom. The minimum atomic E-state index is -0.297. The highest BCUT2D eigenvalue weighted by Crippen LogP contribution is 2.32. The van der Waals surface area contributed by atoms with Crippen LogP contribution < -0.4 is 19.8 Å². The standard InChI is InChI=1S/C24H24N4O5/c1-16-5-10-28(14-17-3-4-19-20(13-17)32-15-31-19)23(30)21(16)22(29)27-11-6-18(7-12-27)33-24-25-8-2-9-26-24/h2-5,8-10,13,18H,6-7,11-12,14-15H2,1H3. The van der Waals surface area contributed by atoms with Crippen molar-refractivity contribution in [1.29, 1.82) is 0 Å². The summed E-state index contributed by atoms with van der Waals surface area (Å²) in [5, 5.41) is 0. The number of hydrogen-bond donors (Lipinski definition) is 0. The molecule has 0 aliphatic carbocycles. The normalized spacial score (nSPS) is 15.5. The number of pyridine rings is 1. The number of hydrogen-bond acceptors (Lipinski definition) is 7. The van der Waals surface area contributed by atoms with Gasteiger partial charge in [-0.3, -0.25) is 9.59 Å². The Bertz CT molecular complexity index is 1220. The third-order valence-corrected chi connectivity index (χ3v) is 5.92. The van der Waals surface area contributed by atoms with E-state index in [2.05, 4.69) is 9.97 Å². The van der Waals surface area contributed by atoms with Crippen molar-refractivity contribution in [3.63, 3.8) is 0 Å². The number of benzene rings is 1. The lowest BCUT2D eigenvalue weighted by atomic mass is 10.0. The number of rotatable bonds is 5. The molecule has 5 rings (SSSR count). The van der Waals surface area contributed by atoms with Gasteiger partial charge in [0.1, 0.15) is 11.7 Å². The number of amides is 1. The highest BCUT2D eigenvalue weighted by atomic mass is 16.7. The molecule has 33 heavy (non-hydrogen) atoms. The molecular formula is C24H24N4O5. The molecular weight excluding hydrogens is 424 g/mol. The smallest absolute Gasteiger partial charge is 0.316 e. The Morgan fingerprint density at radius 3 is 2.67 bits per heavy atom. The molecule has 170 valence electrons. The molecule has 0 unspecified atom stereocenters. The Labute approximate surface area is 190 Å². The van der Waals surface area contributed by atoms with E-state index < -0.39 is 0 Å². The van der Waals surface area contributed by atoms with Crippen molar-refractivity contribution in [2.45, 2.75) is 32.4 Å². The minimum Gasteiger partial charge on any atom is -0.460 e. The molecule has 1 aromatic carbocycles. The molecule has 4 heterocycles. The van der Waals surface area contributed by atoms with E-state index in [0.29, 0.717) is 55.5 Å². The molecule has 2 aromatic heterocycles. The van der Waals surface area contributed by atoms with Crippen molar-refractivity contribution in [2.75, 3.05) is 19.9 Å². The van der Waals surface area contributed by atoms with Gasteiger partial charge in [0.25, 0.3) is 11.5 Å². The zero-order valence-electron chi connectivity index (χ0n) is 18.3. The van der Waals surface area contributed by atoms with Gasteiger partial charge in [-0.1, -0.05) is 6.07 Å². The molecule has 1 amide bonds. The largest absolute Gasteiger partial charge is 0.460 e. The Hall–Kier alpha value is -3.88. The van der Waals surface area contributed by atoms with Crippen LogP contribution in [0.2, 0.25) is 0 Å². The highest BCUT2D eigenvalue weighted by Gasteiger charge is 2.28. The van der Waals surface area contributed by atoms with Crippen molar-refractivity contribution in [1.82, 2.24) is 19.4 Å². The maximum Gasteiger partial charge on any atom is 0.316 e. The number of carbonyl (C=O) groups is 1. The first-order chi connectivity index (χ1) is 16.1. The van der Waals surface area contributed by atoms with Gasteiger partial charge in [0.05, 0.1) is 6.54 Å². The number of nitrogens with zero attached hydrogens (tertiary/aromatic N) is 4. The Morgan fingerprint density at radius 1 is 1.12 bits per heavy atom. The van der Waals surface area contributed by atoms with E-state index in [4.69, 9.17) is 14.2 Å². The van der Waals surface area contributed by atoms with E-state index in [1.54, 1.807) is 41.0 Å². The summed E-state index contributed by atoms with van der Waals surface area (Å²) in [6.07, 6.45) is 6.24. The van der Waals surface area contributed by atoms with E-state index in [1.165, 1.54) is 0 Å². The first kappa shape index (κ1) is 21.0. The van der Waals surface area contributed by atoms with Crippen LogP contribution in [0.5, 0.6) is 17.5 Å². The minimum absolute atomic E-state index is 0.0593. The first-order valence-corrected chi connectivity index (χ1v) is 10.9. The van der Waals surface area contributed by atoms with Gasteiger partial charge >= 0.3 is 6.01 Å². The molecule has 9 heteroatoms. The number of aryl methyl sites for hydroxylation is 1. The summed E-state index contributed by atoms with van der Waals surface area (Å²) in [6, 6.07) is 9.46. The monoisotopic (exact) mass is 448 g/mol. The molecule has 9 nitrogen and oxygen atoms in total. The fraction of sp³-hybridized carbons (Fsp3) is 0.333. The highest BCUT2D eigenvalue weighted by molar-refractivity contribution is 5.95. The van der Waals surface area contributed by atoms with Crippen LogP contribution >= 0.6 is 0 Å². The molecule has 0 atom stereocenters. The number of likely N-dealkylation sites (tertiary alicyclic amines) is 1. The van der Waals surface area contributed by atoms with Crippen LogP contribution in [0.4, 0.5) is 0 Å². The lowest BCUT2D eigenvalue weighted by Gasteiger charge is -2.31. The number of aromatic nitrogens is 3. The molecule has 0 radical (unpaired) electrons. The quantitative estimate of drug-likeness (QED) is 0.591. The van der Waals surface area contributed by atoms with Crippen LogP contribution in [-0.2, 0) is 6.54 Å². The maximum atomic E-state index is 13.3. The van der Waals surface area contributed by atoms with E-state index in [-0.39, 0.29) is 29.9 Å². The molecule has 0 spiro atoms. The van der Waals surface area contributed by atoms with E-state index in [1.807, 2.05) is 24.3 Å². The fourth-order valence-corrected chi connectivity index (χ4v) is 4.12. The first-order valence-electron chi connectivity index (χ1n) is 10.9. The topological polar surface area (TPSA) is 95.8 Å². The molecule has 0 bridgehead atoms. The average molecular weight is 448 g/mol. The number of fused-ring (bicyclic) bond motifs is 1. The maximum absolute atomic E-state index is 13.3. The summed E-state index contributed by atoms with van der Waals surface area (Å²) < 4.78 is 18.1. The summed E-state index contributed by atoms with van der Waals surface area (Å²) in [5.41, 5.74) is 1.48. The molecule has 1 saturated heterocycles. The zero-order valence-corrected chi connectivity index (χ0v) is 18.3. The van der Waals surface area contributed by atoms with Crippen molar-refractivity contribution >= 4 is 5.91 Å². The van der Waals surface area contributed by atoms with Crippen LogP contribution in [0.15, 0.2) is 53.7 Å². The van der Waals surface area contributed by atoms with Crippen LogP contribution in [0, 0.1) is 6.92 Å². The molecule has 3 aromatic rings. The third kappa shape index (κ3) is 4.39. The summed E-state index contributed by atoms with van der Waals surface area (Å²) in [5.74, 6) is 1.11. The lowest BCUT2D eigenvalue weighted by Crippen LogP contribution is -2.44. The molecule has 0 N–H and O–H groups in total. The zero-order chi connectivity index (χ0) is 22.8. The van der Waals surface area contributed by atoms with E-state index >= 15 is 0 Å². The van der Waals surface area contributed by atoms with Crippen LogP contribution in [0.25, 0.3) is 0 Å². The number of piperidine rings is 1. The predicted molar refractivity (Wildman–Crippen MR) is 119 cm³/mol. The number of ether oxygens (including phenoxy) is 3. The second-order valence-electron chi connectivity index (χ2n) is 8.14. The second-order valence-corrected chi connectivity index (χ2v) is 8.14. The molecule has 2 aliphatic rings. The van der Waals surface area contributed by atoms with Gasteiger partial charge in [-0.05, 0) is 42.3 Å². The SMILES string of the molecule is Cc1ccn(Cc2ccc3c(c2)OCO3)c(=O)c1C(=O)N1CCC(Oc2ncccn2)CC1. The Balaban J connectivity index is 1.29. The molecule has 0 saturated carbocycles. The van der Waals surface area contributed by atoms with E-state index in [9.17, 15) is 9.59 Å². The van der Waals surface area contributed by atoms with Crippen molar-refractivity contribution < 1.29 is 19.0 Å². The fourth-order valence-electron chi connectivity index (χ4n) is 4.12. The summed E-state index contributed by atoms with van der Waals surface area (Å²) in [7, 11) is 0. The average Bonchev–Trinajstić information content (AvgIpc) is 3.30. The summed E-state index contributed by atoms with van der Waals surface area (Å²) in [4.78, 5) is 36.4. The van der Waals surface area contributed by atoms with Crippen LogP contribution in [0.3, 0.4) is 0 Å². The summed E-state index contributed by atoms with van der Waals surface area (Å²) >= 11 is 0. The van der Waals surface area contributed by atoms with Gasteiger partial charge in [0, 0.05) is 44.5 Å². The van der Waals surface area contributed by atoms with Gasteiger partial charge in [0.15, 0.2) is 11.5 Å². The van der Waals surface area contributed by atoms with Gasteiger partial charge < -0.3 is 23.7 Å². The van der Waals surface area contributed by atoms with Crippen molar-refractivity contribution in [2.24, 2.45) is 0 Å².